The highest BCUT2D eigenvalue weighted by atomic mass is 32.2. The first-order valence-electron chi connectivity index (χ1n) is 12.2. The van der Waals surface area contributed by atoms with Gasteiger partial charge in [-0.25, -0.2) is 0 Å². The van der Waals surface area contributed by atoms with Gasteiger partial charge in [-0.05, 0) is 112 Å². The Morgan fingerprint density at radius 2 is 1.23 bits per heavy atom. The molecule has 1 saturated heterocycles. The van der Waals surface area contributed by atoms with Gasteiger partial charge in [-0.1, -0.05) is 52.2 Å². The molecular weight excluding hydrogens is 396 g/mol. The fraction of sp³-hybridized carbons (Fsp3) is 0.655. The van der Waals surface area contributed by atoms with Crippen LogP contribution in [-0.4, -0.2) is 17.5 Å². The quantitative estimate of drug-likeness (QED) is 0.141. The summed E-state index contributed by atoms with van der Waals surface area (Å²) in [6.45, 7) is 17.8. The molecule has 31 heavy (non-hydrogen) atoms. The van der Waals surface area contributed by atoms with Crippen LogP contribution in [0.1, 0.15) is 107 Å². The molecule has 0 saturated carbocycles. The molecule has 1 rings (SSSR count). The molecule has 176 valence electrons. The van der Waals surface area contributed by atoms with Gasteiger partial charge in [0.25, 0.3) is 0 Å². The van der Waals surface area contributed by atoms with Crippen LogP contribution in [0.5, 0.6) is 0 Å². The second-order valence-corrected chi connectivity index (χ2v) is 11.0. The normalized spacial score (nSPS) is 19.5. The van der Waals surface area contributed by atoms with Crippen LogP contribution < -0.4 is 0 Å². The summed E-state index contributed by atoms with van der Waals surface area (Å²) in [5.74, 6) is 1.10. The van der Waals surface area contributed by atoms with E-state index in [4.69, 9.17) is 4.74 Å². The molecule has 0 radical (unpaired) electrons. The molecule has 0 aromatic rings. The van der Waals surface area contributed by atoms with Crippen molar-refractivity contribution in [3.8, 4) is 0 Å². The van der Waals surface area contributed by atoms with Crippen LogP contribution in [0.15, 0.2) is 57.6 Å². The van der Waals surface area contributed by atoms with Crippen LogP contribution >= 0.6 is 11.8 Å². The monoisotopic (exact) mass is 444 g/mol. The maximum atomic E-state index is 5.67. The van der Waals surface area contributed by atoms with E-state index < -0.39 is 0 Å². The minimum atomic E-state index is 0.126. The summed E-state index contributed by atoms with van der Waals surface area (Å²) in [6, 6.07) is 0. The smallest absolute Gasteiger partial charge is 0.0892 e. The molecule has 1 aliphatic rings. The van der Waals surface area contributed by atoms with E-state index in [1.165, 1.54) is 53.5 Å². The molecule has 0 bridgehead atoms. The van der Waals surface area contributed by atoms with E-state index in [-0.39, 0.29) is 5.60 Å². The maximum absolute atomic E-state index is 5.67. The highest BCUT2D eigenvalue weighted by Crippen LogP contribution is 2.39. The van der Waals surface area contributed by atoms with Crippen molar-refractivity contribution in [1.29, 1.82) is 0 Å². The lowest BCUT2D eigenvalue weighted by molar-refractivity contribution is 0.320. The summed E-state index contributed by atoms with van der Waals surface area (Å²) in [5, 5.41) is 2.34. The summed E-state index contributed by atoms with van der Waals surface area (Å²) >= 11 is 1.93. The summed E-state index contributed by atoms with van der Waals surface area (Å²) < 4.78 is 5.67. The Morgan fingerprint density at radius 1 is 0.710 bits per heavy atom. The molecule has 1 unspecified atom stereocenters. The van der Waals surface area contributed by atoms with E-state index in [2.05, 4.69) is 85.1 Å². The predicted molar refractivity (Wildman–Crippen MR) is 143 cm³/mol. The molecular formula is C29H48OS. The number of hydrogen-bond acceptors (Lipinski definition) is 2. The van der Waals surface area contributed by atoms with Crippen LogP contribution in [0, 0.1) is 0 Å². The molecule has 0 aliphatic carbocycles. The third kappa shape index (κ3) is 14.6. The van der Waals surface area contributed by atoms with Crippen molar-refractivity contribution in [2.75, 3.05) is 5.75 Å². The van der Waals surface area contributed by atoms with E-state index in [9.17, 15) is 0 Å². The zero-order chi connectivity index (χ0) is 23.3. The van der Waals surface area contributed by atoms with Gasteiger partial charge in [0, 0.05) is 5.75 Å². The number of thioether (sulfide) groups is 1. The molecule has 1 atom stereocenters. The van der Waals surface area contributed by atoms with Crippen LogP contribution in [-0.2, 0) is 4.74 Å². The van der Waals surface area contributed by atoms with E-state index in [1.54, 1.807) is 0 Å². The van der Waals surface area contributed by atoms with Crippen molar-refractivity contribution in [2.45, 2.75) is 118 Å². The molecule has 0 aromatic heterocycles. The van der Waals surface area contributed by atoms with Crippen molar-refractivity contribution in [3.63, 3.8) is 0 Å². The zero-order valence-corrected chi connectivity index (χ0v) is 22.5. The first kappa shape index (κ1) is 28.0. The van der Waals surface area contributed by atoms with Gasteiger partial charge in [0.05, 0.1) is 11.7 Å². The first-order chi connectivity index (χ1) is 14.6. The molecule has 1 heterocycles. The molecule has 0 amide bonds. The summed E-state index contributed by atoms with van der Waals surface area (Å²) in [6.07, 6.45) is 19.4. The molecule has 0 N–H and O–H groups in total. The lowest BCUT2D eigenvalue weighted by atomic mass is 10.0. The second-order valence-electron chi connectivity index (χ2n) is 10.1. The third-order valence-electron chi connectivity index (χ3n) is 5.84. The Balaban J connectivity index is 2.15. The van der Waals surface area contributed by atoms with Gasteiger partial charge in [0.1, 0.15) is 0 Å². The van der Waals surface area contributed by atoms with E-state index >= 15 is 0 Å². The fourth-order valence-electron chi connectivity index (χ4n) is 3.53. The Kier molecular flexibility index (Phi) is 13.5. The first-order valence-corrected chi connectivity index (χ1v) is 13.2. The largest absolute Gasteiger partial charge is 0.367 e. The maximum Gasteiger partial charge on any atom is 0.0892 e. The topological polar surface area (TPSA) is 12.5 Å². The summed E-state index contributed by atoms with van der Waals surface area (Å²) in [5.41, 5.74) is 7.56. The van der Waals surface area contributed by atoms with E-state index in [0.29, 0.717) is 6.10 Å². The average molecular weight is 445 g/mol. The van der Waals surface area contributed by atoms with Crippen molar-refractivity contribution >= 4 is 11.8 Å². The Labute approximate surface area is 198 Å². The predicted octanol–water partition coefficient (Wildman–Crippen LogP) is 9.73. The molecule has 1 aliphatic heterocycles. The van der Waals surface area contributed by atoms with Crippen LogP contribution in [0.4, 0.5) is 0 Å². The highest BCUT2D eigenvalue weighted by Gasteiger charge is 2.46. The SMILES string of the molecule is CC(C)=CCC/C(C)=C/CC/C(C)=C/CC/C=C(\C)CS/C=C(\C)CCC1OC1(C)C. The molecule has 0 spiro atoms. The minimum absolute atomic E-state index is 0.126. The van der Waals surface area contributed by atoms with Gasteiger partial charge in [-0.3, -0.25) is 0 Å². The Hall–Kier alpha value is -0.990. The second kappa shape index (κ2) is 15.0. The number of rotatable bonds is 15. The van der Waals surface area contributed by atoms with E-state index in [0.717, 1.165) is 31.4 Å². The average Bonchev–Trinajstić information content (AvgIpc) is 3.30. The van der Waals surface area contributed by atoms with E-state index in [1.807, 2.05) is 11.8 Å². The lowest BCUT2D eigenvalue weighted by Crippen LogP contribution is -2.02. The summed E-state index contributed by atoms with van der Waals surface area (Å²) in [7, 11) is 0. The minimum Gasteiger partial charge on any atom is -0.367 e. The van der Waals surface area contributed by atoms with Crippen molar-refractivity contribution in [2.24, 2.45) is 0 Å². The van der Waals surface area contributed by atoms with Gasteiger partial charge in [0.15, 0.2) is 0 Å². The lowest BCUT2D eigenvalue weighted by Gasteiger charge is -2.03. The zero-order valence-electron chi connectivity index (χ0n) is 21.6. The van der Waals surface area contributed by atoms with Crippen molar-refractivity contribution in [3.05, 3.63) is 57.6 Å². The van der Waals surface area contributed by atoms with Gasteiger partial charge < -0.3 is 4.74 Å². The molecule has 0 aromatic carbocycles. The molecule has 2 heteroatoms. The number of epoxide rings is 1. The van der Waals surface area contributed by atoms with Crippen LogP contribution in [0.3, 0.4) is 0 Å². The van der Waals surface area contributed by atoms with Crippen molar-refractivity contribution in [1.82, 2.24) is 0 Å². The van der Waals surface area contributed by atoms with Gasteiger partial charge >= 0.3 is 0 Å². The number of allylic oxidation sites excluding steroid dienone is 8. The molecule has 1 fully saturated rings. The Morgan fingerprint density at radius 3 is 1.77 bits per heavy atom. The number of ether oxygens (including phenoxy) is 1. The van der Waals surface area contributed by atoms with Crippen LogP contribution in [0.25, 0.3) is 0 Å². The van der Waals surface area contributed by atoms with Crippen LogP contribution in [0.2, 0.25) is 0 Å². The van der Waals surface area contributed by atoms with Gasteiger partial charge in [0.2, 0.25) is 0 Å². The van der Waals surface area contributed by atoms with Crippen molar-refractivity contribution < 1.29 is 4.74 Å². The third-order valence-corrected chi connectivity index (χ3v) is 7.03. The standard InChI is InChI=1S/C29H48OS/c1-23(2)13-11-16-25(4)18-12-17-24(3)14-9-10-15-26(5)21-31-22-27(6)19-20-28-29(7,8)30-28/h13-15,18,22,28H,9-12,16-17,19-21H2,1-8H3/b24-14+,25-18+,26-15+,27-22+. The summed E-state index contributed by atoms with van der Waals surface area (Å²) in [4.78, 5) is 0. The van der Waals surface area contributed by atoms with Gasteiger partial charge in [-0.2, -0.15) is 0 Å². The number of hydrogen-bond donors (Lipinski definition) is 0. The number of unbranched alkanes of at least 4 members (excludes halogenated alkanes) is 1. The molecule has 1 nitrogen and oxygen atoms in total. The fourth-order valence-corrected chi connectivity index (χ4v) is 4.40. The highest BCUT2D eigenvalue weighted by molar-refractivity contribution is 8.02. The Bertz CT molecular complexity index is 684. The van der Waals surface area contributed by atoms with Gasteiger partial charge in [-0.15, -0.1) is 11.8 Å².